The number of likely N-dealkylation sites (N-methyl/N-ethyl adjacent to an activating group) is 1. The van der Waals surface area contributed by atoms with Crippen LogP contribution < -0.4 is 0 Å². The Labute approximate surface area is 100 Å². The van der Waals surface area contributed by atoms with Crippen molar-refractivity contribution in [2.45, 2.75) is 45.1 Å². The van der Waals surface area contributed by atoms with Gasteiger partial charge in [-0.2, -0.15) is 5.26 Å². The van der Waals surface area contributed by atoms with Gasteiger partial charge in [-0.05, 0) is 19.9 Å². The first-order valence-corrected chi connectivity index (χ1v) is 6.53. The van der Waals surface area contributed by atoms with Crippen LogP contribution in [0, 0.1) is 11.3 Å². The second-order valence-electron chi connectivity index (χ2n) is 4.93. The van der Waals surface area contributed by atoms with Gasteiger partial charge in [-0.1, -0.05) is 26.7 Å². The summed E-state index contributed by atoms with van der Waals surface area (Å²) in [5, 5.41) is 9.55. The lowest BCUT2D eigenvalue weighted by molar-refractivity contribution is 0.0615. The van der Waals surface area contributed by atoms with E-state index in [2.05, 4.69) is 36.8 Å². The van der Waals surface area contributed by atoms with E-state index in [1.165, 1.54) is 0 Å². The van der Waals surface area contributed by atoms with Crippen molar-refractivity contribution in [3.05, 3.63) is 0 Å². The smallest absolute Gasteiger partial charge is 0.109 e. The zero-order chi connectivity index (χ0) is 12.0. The fraction of sp³-hybridized carbons (Fsp3) is 0.923. The highest BCUT2D eigenvalue weighted by atomic mass is 15.3. The minimum absolute atomic E-state index is 0.190. The molecule has 3 nitrogen and oxygen atoms in total. The first-order valence-electron chi connectivity index (χ1n) is 6.53. The van der Waals surface area contributed by atoms with Gasteiger partial charge >= 0.3 is 0 Å². The highest BCUT2D eigenvalue weighted by molar-refractivity contribution is 5.08. The van der Waals surface area contributed by atoms with Crippen molar-refractivity contribution in [2.24, 2.45) is 0 Å². The molecule has 1 saturated heterocycles. The van der Waals surface area contributed by atoms with E-state index in [0.29, 0.717) is 0 Å². The Kier molecular flexibility index (Phi) is 5.24. The van der Waals surface area contributed by atoms with Crippen LogP contribution in [0.5, 0.6) is 0 Å². The van der Waals surface area contributed by atoms with E-state index in [9.17, 15) is 5.26 Å². The van der Waals surface area contributed by atoms with Crippen molar-refractivity contribution < 1.29 is 0 Å². The quantitative estimate of drug-likeness (QED) is 0.715. The number of hydrogen-bond acceptors (Lipinski definition) is 3. The van der Waals surface area contributed by atoms with E-state index in [-0.39, 0.29) is 5.54 Å². The van der Waals surface area contributed by atoms with Crippen molar-refractivity contribution >= 4 is 0 Å². The molecule has 1 fully saturated rings. The maximum Gasteiger partial charge on any atom is 0.109 e. The van der Waals surface area contributed by atoms with Crippen LogP contribution in [0.2, 0.25) is 0 Å². The summed E-state index contributed by atoms with van der Waals surface area (Å²) < 4.78 is 0. The van der Waals surface area contributed by atoms with Crippen LogP contribution in [0.4, 0.5) is 0 Å². The van der Waals surface area contributed by atoms with Gasteiger partial charge in [0.25, 0.3) is 0 Å². The van der Waals surface area contributed by atoms with Gasteiger partial charge in [-0.25, -0.2) is 0 Å². The Morgan fingerprint density at radius 2 is 1.56 bits per heavy atom. The summed E-state index contributed by atoms with van der Waals surface area (Å²) >= 11 is 0. The molecule has 3 heteroatoms. The van der Waals surface area contributed by atoms with E-state index in [4.69, 9.17) is 0 Å². The summed E-state index contributed by atoms with van der Waals surface area (Å²) in [5.74, 6) is 0. The fourth-order valence-electron chi connectivity index (χ4n) is 2.69. The molecule has 16 heavy (non-hydrogen) atoms. The number of hydrogen-bond donors (Lipinski definition) is 0. The average molecular weight is 223 g/mol. The van der Waals surface area contributed by atoms with Crippen LogP contribution >= 0.6 is 0 Å². The number of nitriles is 1. The molecule has 0 aromatic heterocycles. The molecule has 0 aliphatic carbocycles. The van der Waals surface area contributed by atoms with E-state index in [1.54, 1.807) is 0 Å². The Bertz CT molecular complexity index is 230. The molecule has 1 aliphatic heterocycles. The van der Waals surface area contributed by atoms with Crippen molar-refractivity contribution in [3.8, 4) is 6.07 Å². The van der Waals surface area contributed by atoms with Crippen LogP contribution in [0.1, 0.15) is 39.5 Å². The summed E-state index contributed by atoms with van der Waals surface area (Å²) in [7, 11) is 2.16. The summed E-state index contributed by atoms with van der Waals surface area (Å²) in [4.78, 5) is 4.76. The second-order valence-corrected chi connectivity index (χ2v) is 4.93. The third-order valence-corrected chi connectivity index (χ3v) is 3.64. The Morgan fingerprint density at radius 1 is 1.06 bits per heavy atom. The average Bonchev–Trinajstić information content (AvgIpc) is 2.29. The van der Waals surface area contributed by atoms with Crippen LogP contribution in [0.25, 0.3) is 0 Å². The van der Waals surface area contributed by atoms with Gasteiger partial charge in [0.2, 0.25) is 0 Å². The molecule has 0 aromatic carbocycles. The van der Waals surface area contributed by atoms with E-state index in [1.807, 2.05) is 0 Å². The van der Waals surface area contributed by atoms with Crippen LogP contribution in [-0.4, -0.2) is 48.6 Å². The maximum absolute atomic E-state index is 9.55. The third kappa shape index (κ3) is 2.96. The van der Waals surface area contributed by atoms with Gasteiger partial charge in [0.05, 0.1) is 6.07 Å². The van der Waals surface area contributed by atoms with E-state index < -0.39 is 0 Å². The molecule has 0 atom stereocenters. The minimum Gasteiger partial charge on any atom is -0.304 e. The molecule has 0 spiro atoms. The van der Waals surface area contributed by atoms with Gasteiger partial charge < -0.3 is 4.90 Å². The van der Waals surface area contributed by atoms with Gasteiger partial charge in [0, 0.05) is 26.2 Å². The molecular weight excluding hydrogens is 198 g/mol. The van der Waals surface area contributed by atoms with Crippen LogP contribution in [0.3, 0.4) is 0 Å². The monoisotopic (exact) mass is 223 g/mol. The van der Waals surface area contributed by atoms with Crippen molar-refractivity contribution in [1.82, 2.24) is 9.80 Å². The molecule has 92 valence electrons. The van der Waals surface area contributed by atoms with Crippen molar-refractivity contribution in [3.63, 3.8) is 0 Å². The molecule has 0 unspecified atom stereocenters. The Hall–Kier alpha value is -0.590. The van der Waals surface area contributed by atoms with Crippen molar-refractivity contribution in [2.75, 3.05) is 33.2 Å². The first-order chi connectivity index (χ1) is 7.68. The molecule has 0 N–H and O–H groups in total. The van der Waals surface area contributed by atoms with E-state index in [0.717, 1.165) is 51.9 Å². The summed E-state index contributed by atoms with van der Waals surface area (Å²) in [6.45, 7) is 8.64. The van der Waals surface area contributed by atoms with Crippen LogP contribution in [0.15, 0.2) is 0 Å². The minimum atomic E-state index is -0.190. The molecule has 1 rings (SSSR count). The first kappa shape index (κ1) is 13.5. The predicted octanol–water partition coefficient (Wildman–Crippen LogP) is 2.10. The molecule has 1 aliphatic rings. The fourth-order valence-corrected chi connectivity index (χ4v) is 2.69. The topological polar surface area (TPSA) is 30.3 Å². The zero-order valence-corrected chi connectivity index (χ0v) is 11.0. The molecule has 0 saturated carbocycles. The predicted molar refractivity (Wildman–Crippen MR) is 67.2 cm³/mol. The number of nitrogens with zero attached hydrogens (tertiary/aromatic N) is 3. The maximum atomic E-state index is 9.55. The lowest BCUT2D eigenvalue weighted by atomic mass is 9.87. The van der Waals surface area contributed by atoms with Gasteiger partial charge in [-0.15, -0.1) is 0 Å². The SMILES string of the molecule is CCCC(C#N)(CCC)N1CCN(C)CC1. The molecular formula is C13H25N3. The third-order valence-electron chi connectivity index (χ3n) is 3.64. The summed E-state index contributed by atoms with van der Waals surface area (Å²) in [6.07, 6.45) is 4.22. The normalized spacial score (nSPS) is 19.6. The largest absolute Gasteiger partial charge is 0.304 e. The Morgan fingerprint density at radius 3 is 1.94 bits per heavy atom. The molecule has 0 bridgehead atoms. The highest BCUT2D eigenvalue weighted by Gasteiger charge is 2.36. The lowest BCUT2D eigenvalue weighted by Gasteiger charge is -2.43. The van der Waals surface area contributed by atoms with Crippen molar-refractivity contribution in [1.29, 1.82) is 5.26 Å². The number of piperazine rings is 1. The summed E-state index contributed by atoms with van der Waals surface area (Å²) in [6, 6.07) is 2.61. The zero-order valence-electron chi connectivity index (χ0n) is 11.0. The van der Waals surface area contributed by atoms with Gasteiger partial charge in [0.15, 0.2) is 0 Å². The van der Waals surface area contributed by atoms with Crippen LogP contribution in [-0.2, 0) is 0 Å². The Balaban J connectivity index is 2.71. The standard InChI is InChI=1S/C13H25N3/c1-4-6-13(12-14,7-5-2)16-10-8-15(3)9-11-16/h4-11H2,1-3H3. The van der Waals surface area contributed by atoms with E-state index >= 15 is 0 Å². The second kappa shape index (κ2) is 6.22. The summed E-state index contributed by atoms with van der Waals surface area (Å²) in [5.41, 5.74) is -0.190. The van der Waals surface area contributed by atoms with Gasteiger partial charge in [-0.3, -0.25) is 4.90 Å². The molecule has 0 aromatic rings. The molecule has 0 amide bonds. The molecule has 1 heterocycles. The highest BCUT2D eigenvalue weighted by Crippen LogP contribution is 2.27. The number of rotatable bonds is 5. The molecule has 0 radical (unpaired) electrons. The lowest BCUT2D eigenvalue weighted by Crippen LogP contribution is -2.55. The van der Waals surface area contributed by atoms with Gasteiger partial charge in [0.1, 0.15) is 5.54 Å².